The zero-order valence-corrected chi connectivity index (χ0v) is 12.8. The lowest BCUT2D eigenvalue weighted by atomic mass is 9.91. The van der Waals surface area contributed by atoms with Crippen LogP contribution in [0.3, 0.4) is 0 Å². The van der Waals surface area contributed by atoms with Crippen molar-refractivity contribution in [2.75, 3.05) is 6.54 Å². The van der Waals surface area contributed by atoms with Crippen LogP contribution in [0, 0.1) is 11.6 Å². The van der Waals surface area contributed by atoms with E-state index in [2.05, 4.69) is 18.3 Å². The van der Waals surface area contributed by atoms with E-state index in [0.29, 0.717) is 12.0 Å². The molecule has 0 heterocycles. The second-order valence-electron chi connectivity index (χ2n) is 5.76. The summed E-state index contributed by atoms with van der Waals surface area (Å²) in [5.74, 6) is -1.46. The highest BCUT2D eigenvalue weighted by Crippen LogP contribution is 2.23. The molecule has 0 saturated carbocycles. The first-order valence-electron chi connectivity index (χ1n) is 8.07. The second kappa shape index (κ2) is 8.28. The predicted molar refractivity (Wildman–Crippen MR) is 83.3 cm³/mol. The average molecular weight is 293 g/mol. The Balaban J connectivity index is 2.15. The van der Waals surface area contributed by atoms with Gasteiger partial charge in [-0.15, -0.1) is 0 Å². The van der Waals surface area contributed by atoms with Gasteiger partial charge in [0, 0.05) is 6.04 Å². The van der Waals surface area contributed by atoms with Crippen LogP contribution in [-0.4, -0.2) is 12.6 Å². The van der Waals surface area contributed by atoms with Gasteiger partial charge < -0.3 is 5.32 Å². The van der Waals surface area contributed by atoms with Crippen LogP contribution < -0.4 is 5.32 Å². The van der Waals surface area contributed by atoms with Crippen molar-refractivity contribution in [2.24, 2.45) is 0 Å². The minimum absolute atomic E-state index is 0.115. The SMILES string of the molecule is CCNC(Cc1cccc(F)c1F)/C1=C/CCCCCC1. The van der Waals surface area contributed by atoms with Crippen molar-refractivity contribution in [1.29, 1.82) is 0 Å². The van der Waals surface area contributed by atoms with Gasteiger partial charge in [0.1, 0.15) is 0 Å². The Morgan fingerprint density at radius 3 is 2.76 bits per heavy atom. The summed E-state index contributed by atoms with van der Waals surface area (Å²) in [6.07, 6.45) is 9.99. The quantitative estimate of drug-likeness (QED) is 0.771. The van der Waals surface area contributed by atoms with Gasteiger partial charge in [-0.1, -0.05) is 43.5 Å². The number of rotatable bonds is 5. The Hall–Kier alpha value is -1.22. The van der Waals surface area contributed by atoms with Crippen LogP contribution in [0.5, 0.6) is 0 Å². The minimum atomic E-state index is -0.755. The van der Waals surface area contributed by atoms with Crippen molar-refractivity contribution in [1.82, 2.24) is 5.32 Å². The van der Waals surface area contributed by atoms with Crippen molar-refractivity contribution in [3.05, 3.63) is 47.0 Å². The molecule has 21 heavy (non-hydrogen) atoms. The summed E-state index contributed by atoms with van der Waals surface area (Å²) in [5, 5.41) is 3.44. The summed E-state index contributed by atoms with van der Waals surface area (Å²) in [6.45, 7) is 2.89. The number of nitrogens with one attached hydrogen (secondary N) is 1. The second-order valence-corrected chi connectivity index (χ2v) is 5.76. The van der Waals surface area contributed by atoms with E-state index in [0.717, 1.165) is 19.4 Å². The fourth-order valence-corrected chi connectivity index (χ4v) is 3.04. The van der Waals surface area contributed by atoms with Gasteiger partial charge in [0.2, 0.25) is 0 Å². The van der Waals surface area contributed by atoms with E-state index in [1.54, 1.807) is 12.1 Å². The third kappa shape index (κ3) is 4.63. The van der Waals surface area contributed by atoms with Gasteiger partial charge in [-0.3, -0.25) is 0 Å². The van der Waals surface area contributed by atoms with E-state index < -0.39 is 11.6 Å². The third-order valence-corrected chi connectivity index (χ3v) is 4.18. The zero-order valence-electron chi connectivity index (χ0n) is 12.8. The molecule has 1 nitrogen and oxygen atoms in total. The summed E-state index contributed by atoms with van der Waals surface area (Å²) < 4.78 is 27.3. The Bertz CT molecular complexity index is 482. The van der Waals surface area contributed by atoms with E-state index in [9.17, 15) is 8.78 Å². The van der Waals surface area contributed by atoms with Crippen molar-refractivity contribution < 1.29 is 8.78 Å². The number of likely N-dealkylation sites (N-methyl/N-ethyl adjacent to an activating group) is 1. The highest BCUT2D eigenvalue weighted by atomic mass is 19.2. The van der Waals surface area contributed by atoms with E-state index in [1.807, 2.05) is 0 Å². The highest BCUT2D eigenvalue weighted by molar-refractivity contribution is 5.24. The molecule has 0 bridgehead atoms. The van der Waals surface area contributed by atoms with Gasteiger partial charge in [0.05, 0.1) is 0 Å². The van der Waals surface area contributed by atoms with Gasteiger partial charge in [0.25, 0.3) is 0 Å². The largest absolute Gasteiger partial charge is 0.310 e. The van der Waals surface area contributed by atoms with Crippen molar-refractivity contribution >= 4 is 0 Å². The molecule has 1 aromatic carbocycles. The topological polar surface area (TPSA) is 12.0 Å². The molecule has 0 radical (unpaired) electrons. The molecule has 1 aliphatic rings. The van der Waals surface area contributed by atoms with Gasteiger partial charge in [-0.25, -0.2) is 8.78 Å². The molecular weight excluding hydrogens is 268 g/mol. The Kier molecular flexibility index (Phi) is 6.37. The first-order valence-corrected chi connectivity index (χ1v) is 8.07. The van der Waals surface area contributed by atoms with Crippen LogP contribution in [0.15, 0.2) is 29.8 Å². The number of benzene rings is 1. The van der Waals surface area contributed by atoms with Crippen LogP contribution >= 0.6 is 0 Å². The predicted octanol–water partition coefficient (Wildman–Crippen LogP) is 4.77. The number of hydrogen-bond donors (Lipinski definition) is 1. The average Bonchev–Trinajstić information content (AvgIpc) is 2.43. The fourth-order valence-electron chi connectivity index (χ4n) is 3.04. The lowest BCUT2D eigenvalue weighted by Crippen LogP contribution is -2.33. The number of allylic oxidation sites excluding steroid dienone is 1. The Labute approximate surface area is 126 Å². The Morgan fingerprint density at radius 2 is 1.95 bits per heavy atom. The van der Waals surface area contributed by atoms with Gasteiger partial charge >= 0.3 is 0 Å². The molecular formula is C18H25F2N. The summed E-state index contributed by atoms with van der Waals surface area (Å²) in [7, 11) is 0. The van der Waals surface area contributed by atoms with E-state index in [1.165, 1.54) is 37.3 Å². The lowest BCUT2D eigenvalue weighted by molar-refractivity contribution is 0.483. The van der Waals surface area contributed by atoms with Crippen LogP contribution in [-0.2, 0) is 6.42 Å². The maximum Gasteiger partial charge on any atom is 0.162 e. The standard InChI is InChI=1S/C18H25F2N/c1-2-21-17(14-9-6-4-3-5-7-10-14)13-15-11-8-12-16(19)18(15)20/h8-9,11-12,17,21H,2-7,10,13H2,1H3/b14-9+. The summed E-state index contributed by atoms with van der Waals surface area (Å²) >= 11 is 0. The molecule has 1 N–H and O–H groups in total. The number of hydrogen-bond acceptors (Lipinski definition) is 1. The maximum absolute atomic E-state index is 13.9. The molecule has 116 valence electrons. The molecule has 0 saturated heterocycles. The summed E-state index contributed by atoms with van der Waals surface area (Å²) in [5.41, 5.74) is 1.82. The summed E-state index contributed by atoms with van der Waals surface area (Å²) in [6, 6.07) is 4.57. The maximum atomic E-state index is 13.9. The normalized spacial score (nSPS) is 20.2. The highest BCUT2D eigenvalue weighted by Gasteiger charge is 2.18. The zero-order chi connectivity index (χ0) is 15.1. The van der Waals surface area contributed by atoms with Crippen LogP contribution in [0.2, 0.25) is 0 Å². The van der Waals surface area contributed by atoms with Crippen molar-refractivity contribution in [2.45, 2.75) is 57.9 Å². The van der Waals surface area contributed by atoms with Gasteiger partial charge in [0.15, 0.2) is 11.6 Å². The molecule has 2 rings (SSSR count). The molecule has 1 atom stereocenters. The monoisotopic (exact) mass is 293 g/mol. The fraction of sp³-hybridized carbons (Fsp3) is 0.556. The lowest BCUT2D eigenvalue weighted by Gasteiger charge is -2.23. The molecule has 0 amide bonds. The molecule has 0 aliphatic heterocycles. The molecule has 0 spiro atoms. The third-order valence-electron chi connectivity index (χ3n) is 4.18. The number of halogens is 2. The van der Waals surface area contributed by atoms with Crippen LogP contribution in [0.4, 0.5) is 8.78 Å². The van der Waals surface area contributed by atoms with E-state index in [4.69, 9.17) is 0 Å². The van der Waals surface area contributed by atoms with Gasteiger partial charge in [-0.2, -0.15) is 0 Å². The molecule has 0 aromatic heterocycles. The van der Waals surface area contributed by atoms with E-state index >= 15 is 0 Å². The summed E-state index contributed by atoms with van der Waals surface area (Å²) in [4.78, 5) is 0. The van der Waals surface area contributed by atoms with Crippen LogP contribution in [0.1, 0.15) is 51.0 Å². The molecule has 1 aromatic rings. The molecule has 1 aliphatic carbocycles. The molecule has 0 fully saturated rings. The molecule has 1 unspecified atom stereocenters. The first kappa shape index (κ1) is 16.2. The van der Waals surface area contributed by atoms with Gasteiger partial charge in [-0.05, 0) is 50.3 Å². The van der Waals surface area contributed by atoms with Crippen molar-refractivity contribution in [3.63, 3.8) is 0 Å². The van der Waals surface area contributed by atoms with Crippen LogP contribution in [0.25, 0.3) is 0 Å². The minimum Gasteiger partial charge on any atom is -0.310 e. The Morgan fingerprint density at radius 1 is 1.14 bits per heavy atom. The smallest absolute Gasteiger partial charge is 0.162 e. The van der Waals surface area contributed by atoms with E-state index in [-0.39, 0.29) is 6.04 Å². The molecule has 3 heteroatoms. The first-order chi connectivity index (χ1) is 10.2. The van der Waals surface area contributed by atoms with Crippen molar-refractivity contribution in [3.8, 4) is 0 Å².